The van der Waals surface area contributed by atoms with Crippen molar-refractivity contribution in [2.45, 2.75) is 96.9 Å². The van der Waals surface area contributed by atoms with E-state index < -0.39 is 35.4 Å². The Morgan fingerprint density at radius 1 is 0.857 bits per heavy atom. The van der Waals surface area contributed by atoms with Crippen molar-refractivity contribution in [1.29, 1.82) is 5.26 Å². The number of aromatic amines is 2. The van der Waals surface area contributed by atoms with Gasteiger partial charge in [0.15, 0.2) is 0 Å². The summed E-state index contributed by atoms with van der Waals surface area (Å²) in [7, 11) is 0. The molecule has 8 N–H and O–H groups in total. The Labute approximate surface area is 321 Å². The zero-order valence-electron chi connectivity index (χ0n) is 31.4. The molecule has 2 aliphatic carbocycles. The van der Waals surface area contributed by atoms with Crippen LogP contribution >= 0.6 is 0 Å². The van der Waals surface area contributed by atoms with Gasteiger partial charge >= 0.3 is 17.9 Å². The third kappa shape index (κ3) is 8.73. The van der Waals surface area contributed by atoms with Crippen LogP contribution in [0.1, 0.15) is 75.6 Å². The summed E-state index contributed by atoms with van der Waals surface area (Å²) in [6, 6.07) is 1.51. The summed E-state index contributed by atoms with van der Waals surface area (Å²) in [5.74, 6) is 0.937. The molecule has 2 fully saturated rings. The minimum absolute atomic E-state index is 0.0269. The first kappa shape index (κ1) is 40.0. The quantitative estimate of drug-likeness (QED) is 0.0844. The van der Waals surface area contributed by atoms with Crippen LogP contribution in [0.25, 0.3) is 0 Å². The zero-order valence-corrected chi connectivity index (χ0v) is 31.4. The fraction of sp³-hybridized carbons (Fsp3) is 0.528. The van der Waals surface area contributed by atoms with Gasteiger partial charge < -0.3 is 41.0 Å². The van der Waals surface area contributed by atoms with Crippen molar-refractivity contribution < 1.29 is 42.8 Å². The average Bonchev–Trinajstić information content (AvgIpc) is 3.18. The van der Waals surface area contributed by atoms with Crippen molar-refractivity contribution in [3.8, 4) is 17.8 Å². The number of hydrogen-bond acceptors (Lipinski definition) is 15. The third-order valence-corrected chi connectivity index (χ3v) is 10.7. The van der Waals surface area contributed by atoms with Gasteiger partial charge in [-0.05, 0) is 42.6 Å². The summed E-state index contributed by atoms with van der Waals surface area (Å²) in [4.78, 5) is 31.1. The molecule has 1 unspecified atom stereocenters. The predicted molar refractivity (Wildman–Crippen MR) is 194 cm³/mol. The SMILES string of the molecule is CCOc1nc[nH+]cc1CNc1ncc(C(F)(F)F)c(N[C@@H]2C[C@H](O)C2(C)CCCOc2nc[nH+]cc2CNc2ncc(C#N)c(N[C@@H]3C[C@H](O)C3(C)C)n2)n1. The lowest BCUT2D eigenvalue weighted by Crippen LogP contribution is -2.59. The normalized spacial score (nSPS) is 22.5. The van der Waals surface area contributed by atoms with E-state index in [1.165, 1.54) is 18.9 Å². The fourth-order valence-electron chi connectivity index (χ4n) is 6.70. The van der Waals surface area contributed by atoms with Crippen LogP contribution in [-0.2, 0) is 19.3 Å². The largest absolute Gasteiger partial charge is 0.459 e. The van der Waals surface area contributed by atoms with Gasteiger partial charge in [0.05, 0.1) is 55.8 Å². The molecular formula is C36H46F3N13O4+2. The average molecular weight is 782 g/mol. The summed E-state index contributed by atoms with van der Waals surface area (Å²) in [5.41, 5.74) is -0.600. The Balaban J connectivity index is 1.05. The van der Waals surface area contributed by atoms with Crippen molar-refractivity contribution in [3.05, 3.63) is 59.7 Å². The number of aliphatic hydroxyl groups is 2. The highest BCUT2D eigenvalue weighted by Gasteiger charge is 2.51. The molecule has 0 bridgehead atoms. The lowest BCUT2D eigenvalue weighted by molar-refractivity contribution is -0.384. The molecule has 4 heterocycles. The van der Waals surface area contributed by atoms with E-state index in [0.717, 1.165) is 6.20 Å². The van der Waals surface area contributed by atoms with Crippen molar-refractivity contribution in [3.63, 3.8) is 0 Å². The minimum Gasteiger partial charge on any atom is -0.459 e. The number of halogens is 3. The second kappa shape index (κ2) is 16.6. The number of aromatic nitrogens is 8. The molecule has 56 heavy (non-hydrogen) atoms. The number of nitriles is 1. The van der Waals surface area contributed by atoms with Crippen LogP contribution in [0, 0.1) is 22.2 Å². The monoisotopic (exact) mass is 781 g/mol. The highest BCUT2D eigenvalue weighted by molar-refractivity contribution is 5.55. The van der Waals surface area contributed by atoms with Gasteiger partial charge in [0.2, 0.25) is 11.9 Å². The van der Waals surface area contributed by atoms with Crippen LogP contribution in [0.2, 0.25) is 0 Å². The molecule has 6 rings (SSSR count). The number of aliphatic hydroxyl groups excluding tert-OH is 2. The highest BCUT2D eigenvalue weighted by Crippen LogP contribution is 2.47. The Morgan fingerprint density at radius 2 is 1.45 bits per heavy atom. The van der Waals surface area contributed by atoms with Gasteiger partial charge in [0.1, 0.15) is 41.2 Å². The molecule has 0 aromatic carbocycles. The number of alkyl halides is 3. The molecule has 17 nitrogen and oxygen atoms in total. The van der Waals surface area contributed by atoms with Gasteiger partial charge in [-0.2, -0.15) is 28.4 Å². The number of ether oxygens (including phenoxy) is 2. The van der Waals surface area contributed by atoms with E-state index in [0.29, 0.717) is 54.6 Å². The zero-order chi connectivity index (χ0) is 40.1. The van der Waals surface area contributed by atoms with Gasteiger partial charge in [-0.25, -0.2) is 19.9 Å². The molecule has 0 saturated heterocycles. The van der Waals surface area contributed by atoms with Gasteiger partial charge in [-0.3, -0.25) is 0 Å². The molecule has 2 aliphatic rings. The van der Waals surface area contributed by atoms with E-state index in [1.54, 1.807) is 12.4 Å². The number of rotatable bonds is 17. The Kier molecular flexibility index (Phi) is 11.8. The first-order valence-corrected chi connectivity index (χ1v) is 18.3. The summed E-state index contributed by atoms with van der Waals surface area (Å²) in [6.45, 7) is 8.50. The molecule has 0 aliphatic heterocycles. The van der Waals surface area contributed by atoms with E-state index in [-0.39, 0.29) is 60.9 Å². The molecule has 4 aromatic heterocycles. The molecule has 0 radical (unpaired) electrons. The van der Waals surface area contributed by atoms with E-state index in [2.05, 4.69) is 67.2 Å². The van der Waals surface area contributed by atoms with E-state index in [1.807, 2.05) is 27.7 Å². The Hall–Kier alpha value is -5.68. The van der Waals surface area contributed by atoms with E-state index >= 15 is 0 Å². The first-order valence-electron chi connectivity index (χ1n) is 18.3. The molecule has 20 heteroatoms. The van der Waals surface area contributed by atoms with Crippen LogP contribution in [0.4, 0.5) is 36.7 Å². The molecule has 0 spiro atoms. The number of nitrogens with one attached hydrogen (secondary N) is 6. The van der Waals surface area contributed by atoms with Gasteiger partial charge in [-0.1, -0.05) is 20.8 Å². The molecule has 4 aromatic rings. The van der Waals surface area contributed by atoms with Crippen LogP contribution in [0.15, 0.2) is 37.4 Å². The smallest absolute Gasteiger partial charge is 0.421 e. The standard InChI is InChI=1S/C36H44F3N13O4/c1-5-55-30-21(12-41-18-47-30)15-45-33-46-17-23(36(37,38)39)29(52-33)50-25-10-27(54)35(25,4)7-6-8-56-31-22(13-42-19-48-31)16-44-32-43-14-20(11-40)28(51-32)49-24-9-26(53)34(24,2)3/h12-14,17-19,24-27,53-54H,5-10,15-16H2,1-4H3,(H2,43,44,49,51)(H2,45,46,50,52)/p+2/t24-,25-,26+,27+,35?/m1/s1. The molecule has 5 atom stereocenters. The molecule has 0 amide bonds. The van der Waals surface area contributed by atoms with Gasteiger partial charge in [0, 0.05) is 29.1 Å². The van der Waals surface area contributed by atoms with Crippen LogP contribution in [0.3, 0.4) is 0 Å². The van der Waals surface area contributed by atoms with Crippen molar-refractivity contribution in [1.82, 2.24) is 29.9 Å². The summed E-state index contributed by atoms with van der Waals surface area (Å²) in [6.07, 6.45) is 4.20. The van der Waals surface area contributed by atoms with Gasteiger partial charge in [-0.15, -0.1) is 0 Å². The van der Waals surface area contributed by atoms with E-state index in [9.17, 15) is 28.6 Å². The number of H-pyrrole nitrogens is 2. The summed E-state index contributed by atoms with van der Waals surface area (Å²) >= 11 is 0. The summed E-state index contributed by atoms with van der Waals surface area (Å²) < 4.78 is 53.8. The molecular weight excluding hydrogens is 735 g/mol. The maximum atomic E-state index is 14.1. The number of hydrogen-bond donors (Lipinski definition) is 6. The number of anilines is 4. The topological polar surface area (TPSA) is 236 Å². The van der Waals surface area contributed by atoms with Crippen LogP contribution in [0.5, 0.6) is 11.8 Å². The van der Waals surface area contributed by atoms with E-state index in [4.69, 9.17) is 9.47 Å². The maximum Gasteiger partial charge on any atom is 0.421 e. The van der Waals surface area contributed by atoms with Gasteiger partial charge in [0.25, 0.3) is 12.7 Å². The second-order valence-electron chi connectivity index (χ2n) is 14.6. The Bertz CT molecular complexity index is 2030. The fourth-order valence-corrected chi connectivity index (χ4v) is 6.70. The van der Waals surface area contributed by atoms with Crippen molar-refractivity contribution in [2.75, 3.05) is 34.5 Å². The minimum atomic E-state index is -4.72. The van der Waals surface area contributed by atoms with Crippen LogP contribution in [-0.4, -0.2) is 77.6 Å². The Morgan fingerprint density at radius 3 is 2.02 bits per heavy atom. The maximum absolute atomic E-state index is 14.1. The number of nitrogens with zero attached hydrogens (tertiary/aromatic N) is 7. The second-order valence-corrected chi connectivity index (χ2v) is 14.6. The lowest BCUT2D eigenvalue weighted by Gasteiger charge is -2.52. The first-order chi connectivity index (χ1) is 26.7. The van der Waals surface area contributed by atoms with Crippen molar-refractivity contribution >= 4 is 23.5 Å². The molecule has 298 valence electrons. The lowest BCUT2D eigenvalue weighted by atomic mass is 9.61. The predicted octanol–water partition coefficient (Wildman–Crippen LogP) is 3.18. The van der Waals surface area contributed by atoms with Crippen LogP contribution < -0.4 is 40.7 Å². The highest BCUT2D eigenvalue weighted by atomic mass is 19.4. The molecule has 2 saturated carbocycles. The third-order valence-electron chi connectivity index (χ3n) is 10.7. The summed E-state index contributed by atoms with van der Waals surface area (Å²) in [5, 5.41) is 42.8. The van der Waals surface area contributed by atoms with Crippen molar-refractivity contribution in [2.24, 2.45) is 10.8 Å².